The van der Waals surface area contributed by atoms with Crippen molar-refractivity contribution in [3.63, 3.8) is 0 Å². The van der Waals surface area contributed by atoms with Gasteiger partial charge < -0.3 is 5.73 Å². The Balaban J connectivity index is 0.000000791. The van der Waals surface area contributed by atoms with Gasteiger partial charge in [-0.2, -0.15) is 0 Å². The van der Waals surface area contributed by atoms with Crippen molar-refractivity contribution in [3.05, 3.63) is 48.2 Å². The van der Waals surface area contributed by atoms with Crippen LogP contribution in [0.25, 0.3) is 0 Å². The van der Waals surface area contributed by atoms with Gasteiger partial charge in [0.25, 0.3) is 0 Å². The van der Waals surface area contributed by atoms with Crippen LogP contribution in [0.5, 0.6) is 0 Å². The molecule has 1 aliphatic rings. The third kappa shape index (κ3) is 4.70. The van der Waals surface area contributed by atoms with Crippen molar-refractivity contribution < 1.29 is 0 Å². The summed E-state index contributed by atoms with van der Waals surface area (Å²) in [5.41, 5.74) is 7.99. The smallest absolute Gasteiger partial charge is 0.00596 e. The van der Waals surface area contributed by atoms with E-state index in [0.717, 1.165) is 12.8 Å². The fourth-order valence-corrected chi connectivity index (χ4v) is 1.42. The van der Waals surface area contributed by atoms with Crippen molar-refractivity contribution >= 4 is 0 Å². The van der Waals surface area contributed by atoms with Gasteiger partial charge in [-0.15, -0.1) is 0 Å². The Kier molecular flexibility index (Phi) is 7.62. The Morgan fingerprint density at radius 1 is 1.36 bits per heavy atom. The quantitative estimate of drug-likeness (QED) is 0.707. The van der Waals surface area contributed by atoms with E-state index in [1.54, 1.807) is 6.20 Å². The van der Waals surface area contributed by atoms with E-state index in [1.807, 2.05) is 26.0 Å². The molecule has 0 unspecified atom stereocenters. The summed E-state index contributed by atoms with van der Waals surface area (Å²) in [6.07, 6.45) is 13.2. The molecule has 0 bridgehead atoms. The SMILES string of the molecule is C=C/C=C1C=C(/C=C/N)CCC/1.CC. The van der Waals surface area contributed by atoms with Gasteiger partial charge in [0.1, 0.15) is 0 Å². The molecule has 0 fully saturated rings. The van der Waals surface area contributed by atoms with Crippen LogP contribution in [0.4, 0.5) is 0 Å². The van der Waals surface area contributed by atoms with Crippen molar-refractivity contribution in [2.24, 2.45) is 5.73 Å². The predicted molar refractivity (Wildman–Crippen MR) is 64.9 cm³/mol. The molecule has 0 aromatic carbocycles. The van der Waals surface area contributed by atoms with Crippen LogP contribution in [-0.2, 0) is 0 Å². The molecule has 0 atom stereocenters. The minimum absolute atomic E-state index is 1.14. The highest BCUT2D eigenvalue weighted by Crippen LogP contribution is 2.22. The molecule has 1 aliphatic carbocycles. The molecule has 0 radical (unpaired) electrons. The molecule has 0 saturated heterocycles. The highest BCUT2D eigenvalue weighted by molar-refractivity contribution is 5.34. The van der Waals surface area contributed by atoms with Crippen LogP contribution in [0.3, 0.4) is 0 Å². The van der Waals surface area contributed by atoms with Gasteiger partial charge in [-0.1, -0.05) is 38.7 Å². The molecule has 0 spiro atoms. The van der Waals surface area contributed by atoms with Gasteiger partial charge in [0.2, 0.25) is 0 Å². The van der Waals surface area contributed by atoms with Gasteiger partial charge in [-0.25, -0.2) is 0 Å². The summed E-state index contributed by atoms with van der Waals surface area (Å²) < 4.78 is 0. The van der Waals surface area contributed by atoms with E-state index in [0.29, 0.717) is 0 Å². The van der Waals surface area contributed by atoms with Gasteiger partial charge in [0.05, 0.1) is 0 Å². The van der Waals surface area contributed by atoms with Crippen LogP contribution in [0.15, 0.2) is 48.2 Å². The zero-order chi connectivity index (χ0) is 10.8. The zero-order valence-corrected chi connectivity index (χ0v) is 9.29. The average molecular weight is 191 g/mol. The van der Waals surface area contributed by atoms with E-state index >= 15 is 0 Å². The third-order valence-electron chi connectivity index (χ3n) is 1.94. The lowest BCUT2D eigenvalue weighted by atomic mass is 9.95. The summed E-state index contributed by atoms with van der Waals surface area (Å²) >= 11 is 0. The minimum Gasteiger partial charge on any atom is -0.405 e. The molecule has 0 saturated carbocycles. The molecule has 0 amide bonds. The summed E-state index contributed by atoms with van der Waals surface area (Å²) in [6, 6.07) is 0. The second kappa shape index (κ2) is 8.36. The minimum atomic E-state index is 1.14. The van der Waals surface area contributed by atoms with E-state index in [2.05, 4.69) is 18.7 Å². The van der Waals surface area contributed by atoms with Gasteiger partial charge in [-0.3, -0.25) is 0 Å². The Labute approximate surface area is 87.7 Å². The maximum atomic E-state index is 5.32. The summed E-state index contributed by atoms with van der Waals surface area (Å²) in [7, 11) is 0. The first-order chi connectivity index (χ1) is 6.86. The molecule has 0 aromatic heterocycles. The largest absolute Gasteiger partial charge is 0.405 e. The molecule has 0 heterocycles. The second-order valence-corrected chi connectivity index (χ2v) is 2.91. The first-order valence-electron chi connectivity index (χ1n) is 5.27. The molecule has 0 aromatic rings. The maximum Gasteiger partial charge on any atom is -0.00596 e. The monoisotopic (exact) mass is 191 g/mol. The van der Waals surface area contributed by atoms with E-state index in [4.69, 9.17) is 5.73 Å². The van der Waals surface area contributed by atoms with E-state index in [9.17, 15) is 0 Å². The standard InChI is InChI=1S/C11H15N.C2H6/c1-2-4-10-5-3-6-11(9-10)7-8-12;1-2/h2,4,7-9H,1,3,5-6,12H2;1-2H3/b8-7+,10-4+;. The molecule has 14 heavy (non-hydrogen) atoms. The van der Waals surface area contributed by atoms with Crippen molar-refractivity contribution in [2.75, 3.05) is 0 Å². The molecular formula is C13H21N. The fraction of sp³-hybridized carbons (Fsp3) is 0.385. The number of hydrogen-bond acceptors (Lipinski definition) is 1. The Bertz CT molecular complexity index is 244. The van der Waals surface area contributed by atoms with Crippen molar-refractivity contribution in [1.82, 2.24) is 0 Å². The highest BCUT2D eigenvalue weighted by atomic mass is 14.5. The fourth-order valence-electron chi connectivity index (χ4n) is 1.42. The molecule has 78 valence electrons. The van der Waals surface area contributed by atoms with Gasteiger partial charge in [-0.05, 0) is 42.7 Å². The average Bonchev–Trinajstić information content (AvgIpc) is 2.22. The zero-order valence-electron chi connectivity index (χ0n) is 9.29. The highest BCUT2D eigenvalue weighted by Gasteiger charge is 2.03. The topological polar surface area (TPSA) is 26.0 Å². The van der Waals surface area contributed by atoms with Crippen LogP contribution in [0.2, 0.25) is 0 Å². The first-order valence-corrected chi connectivity index (χ1v) is 5.27. The summed E-state index contributed by atoms with van der Waals surface area (Å²) in [5.74, 6) is 0. The molecule has 1 heteroatoms. The van der Waals surface area contributed by atoms with Crippen LogP contribution < -0.4 is 5.73 Å². The van der Waals surface area contributed by atoms with Crippen molar-refractivity contribution in [3.8, 4) is 0 Å². The van der Waals surface area contributed by atoms with Crippen LogP contribution in [0, 0.1) is 0 Å². The van der Waals surface area contributed by atoms with Gasteiger partial charge in [0.15, 0.2) is 0 Å². The summed E-state index contributed by atoms with van der Waals surface area (Å²) in [4.78, 5) is 0. The van der Waals surface area contributed by atoms with Crippen molar-refractivity contribution in [1.29, 1.82) is 0 Å². The lowest BCUT2D eigenvalue weighted by molar-refractivity contribution is 0.797. The lowest BCUT2D eigenvalue weighted by Gasteiger charge is -2.11. The first kappa shape index (κ1) is 12.8. The van der Waals surface area contributed by atoms with Crippen LogP contribution in [0.1, 0.15) is 33.1 Å². The van der Waals surface area contributed by atoms with E-state index in [-0.39, 0.29) is 0 Å². The maximum absolute atomic E-state index is 5.32. The number of allylic oxidation sites excluding steroid dienone is 6. The summed E-state index contributed by atoms with van der Waals surface area (Å²) in [6.45, 7) is 7.68. The molecule has 2 N–H and O–H groups in total. The summed E-state index contributed by atoms with van der Waals surface area (Å²) in [5, 5.41) is 0. The van der Waals surface area contributed by atoms with Gasteiger partial charge >= 0.3 is 0 Å². The second-order valence-electron chi connectivity index (χ2n) is 2.91. The molecule has 0 aliphatic heterocycles. The Morgan fingerprint density at radius 3 is 2.64 bits per heavy atom. The van der Waals surface area contributed by atoms with Gasteiger partial charge in [0, 0.05) is 0 Å². The van der Waals surface area contributed by atoms with Crippen LogP contribution >= 0.6 is 0 Å². The normalized spacial score (nSPS) is 18.7. The Hall–Kier alpha value is -1.24. The third-order valence-corrected chi connectivity index (χ3v) is 1.94. The number of nitrogens with two attached hydrogens (primary N) is 1. The van der Waals surface area contributed by atoms with Crippen molar-refractivity contribution in [2.45, 2.75) is 33.1 Å². The number of hydrogen-bond donors (Lipinski definition) is 1. The van der Waals surface area contributed by atoms with E-state index in [1.165, 1.54) is 17.6 Å². The van der Waals surface area contributed by atoms with E-state index < -0.39 is 0 Å². The Morgan fingerprint density at radius 2 is 2.07 bits per heavy atom. The lowest BCUT2D eigenvalue weighted by Crippen LogP contribution is -1.93. The molecule has 1 nitrogen and oxygen atoms in total. The predicted octanol–water partition coefficient (Wildman–Crippen LogP) is 3.71. The number of rotatable bonds is 2. The molecule has 1 rings (SSSR count). The van der Waals surface area contributed by atoms with Crippen LogP contribution in [-0.4, -0.2) is 0 Å². The molecular weight excluding hydrogens is 170 g/mol.